The molecule has 0 spiro atoms. The van der Waals surface area contributed by atoms with Crippen LogP contribution in [0.25, 0.3) is 0 Å². The van der Waals surface area contributed by atoms with Gasteiger partial charge < -0.3 is 18.9 Å². The molecule has 0 aromatic heterocycles. The number of ether oxygens (including phenoxy) is 4. The zero-order valence-corrected chi connectivity index (χ0v) is 12.8. The van der Waals surface area contributed by atoms with E-state index in [1.54, 1.807) is 28.4 Å². The highest BCUT2D eigenvalue weighted by atomic mass is 16.5. The van der Waals surface area contributed by atoms with Crippen LogP contribution in [-0.4, -0.2) is 28.4 Å². The average molecular weight is 288 g/mol. The Morgan fingerprint density at radius 2 is 1.24 bits per heavy atom. The largest absolute Gasteiger partial charge is 0.497 e. The fourth-order valence-corrected chi connectivity index (χ4v) is 2.19. The molecular formula is C17H20O4. The summed E-state index contributed by atoms with van der Waals surface area (Å²) in [5.41, 5.74) is 2.21. The van der Waals surface area contributed by atoms with Gasteiger partial charge in [-0.15, -0.1) is 0 Å². The average Bonchev–Trinajstić information content (AvgIpc) is 2.55. The third-order valence-corrected chi connectivity index (χ3v) is 3.34. The summed E-state index contributed by atoms with van der Waals surface area (Å²) < 4.78 is 21.3. The fraction of sp³-hybridized carbons (Fsp3) is 0.294. The van der Waals surface area contributed by atoms with Crippen molar-refractivity contribution in [2.45, 2.75) is 6.42 Å². The molecule has 21 heavy (non-hydrogen) atoms. The van der Waals surface area contributed by atoms with Crippen molar-refractivity contribution >= 4 is 0 Å². The van der Waals surface area contributed by atoms with Gasteiger partial charge in [-0.3, -0.25) is 0 Å². The first-order chi connectivity index (χ1) is 10.2. The second-order valence-electron chi connectivity index (χ2n) is 4.54. The van der Waals surface area contributed by atoms with Crippen LogP contribution in [-0.2, 0) is 6.42 Å². The van der Waals surface area contributed by atoms with E-state index in [0.717, 1.165) is 23.5 Å². The molecule has 0 heterocycles. The Morgan fingerprint density at radius 1 is 0.667 bits per heavy atom. The fourth-order valence-electron chi connectivity index (χ4n) is 2.19. The molecule has 0 N–H and O–H groups in total. The van der Waals surface area contributed by atoms with Gasteiger partial charge in [0.2, 0.25) is 0 Å². The summed E-state index contributed by atoms with van der Waals surface area (Å²) in [5, 5.41) is 0. The molecule has 0 fully saturated rings. The minimum absolute atomic E-state index is 0.660. The molecule has 0 bridgehead atoms. The summed E-state index contributed by atoms with van der Waals surface area (Å²) in [6.45, 7) is 0. The first-order valence-electron chi connectivity index (χ1n) is 6.63. The van der Waals surface area contributed by atoms with Crippen LogP contribution < -0.4 is 18.9 Å². The SMILES string of the molecule is COc1ccc(Cc2cc(OC)c(OC)cc2OC)cc1. The highest BCUT2D eigenvalue weighted by molar-refractivity contribution is 5.52. The van der Waals surface area contributed by atoms with Crippen molar-refractivity contribution in [2.24, 2.45) is 0 Å². The first-order valence-corrected chi connectivity index (χ1v) is 6.63. The van der Waals surface area contributed by atoms with Gasteiger partial charge in [0, 0.05) is 18.1 Å². The monoisotopic (exact) mass is 288 g/mol. The Bertz CT molecular complexity index is 590. The van der Waals surface area contributed by atoms with Crippen LogP contribution in [0.5, 0.6) is 23.0 Å². The van der Waals surface area contributed by atoms with Crippen molar-refractivity contribution < 1.29 is 18.9 Å². The van der Waals surface area contributed by atoms with E-state index in [0.29, 0.717) is 11.5 Å². The maximum absolute atomic E-state index is 5.44. The lowest BCUT2D eigenvalue weighted by molar-refractivity contribution is 0.348. The van der Waals surface area contributed by atoms with Gasteiger partial charge in [0.25, 0.3) is 0 Å². The quantitative estimate of drug-likeness (QED) is 0.817. The van der Waals surface area contributed by atoms with Gasteiger partial charge in [-0.2, -0.15) is 0 Å². The summed E-state index contributed by atoms with van der Waals surface area (Å²) >= 11 is 0. The third-order valence-electron chi connectivity index (χ3n) is 3.34. The molecule has 0 amide bonds. The van der Waals surface area contributed by atoms with Gasteiger partial charge in [-0.1, -0.05) is 12.1 Å². The van der Waals surface area contributed by atoms with Crippen LogP contribution >= 0.6 is 0 Å². The van der Waals surface area contributed by atoms with Crippen LogP contribution in [0.4, 0.5) is 0 Å². The van der Waals surface area contributed by atoms with Crippen LogP contribution in [0.15, 0.2) is 36.4 Å². The molecule has 0 aliphatic carbocycles. The normalized spacial score (nSPS) is 10.1. The lowest BCUT2D eigenvalue weighted by atomic mass is 10.0. The molecule has 4 nitrogen and oxygen atoms in total. The van der Waals surface area contributed by atoms with E-state index in [4.69, 9.17) is 18.9 Å². The topological polar surface area (TPSA) is 36.9 Å². The van der Waals surface area contributed by atoms with Gasteiger partial charge in [-0.25, -0.2) is 0 Å². The predicted molar refractivity (Wildman–Crippen MR) is 81.9 cm³/mol. The summed E-state index contributed by atoms with van der Waals surface area (Å²) in [5.74, 6) is 2.98. The van der Waals surface area contributed by atoms with Crippen LogP contribution in [0.3, 0.4) is 0 Å². The summed E-state index contributed by atoms with van der Waals surface area (Å²) in [6, 6.07) is 11.8. The molecule has 0 aliphatic heterocycles. The van der Waals surface area contributed by atoms with Crippen molar-refractivity contribution in [1.29, 1.82) is 0 Å². The van der Waals surface area contributed by atoms with Crippen molar-refractivity contribution in [3.63, 3.8) is 0 Å². The van der Waals surface area contributed by atoms with Crippen molar-refractivity contribution in [2.75, 3.05) is 28.4 Å². The smallest absolute Gasteiger partial charge is 0.164 e. The Kier molecular flexibility index (Phi) is 4.93. The standard InChI is InChI=1S/C17H20O4/c1-18-14-7-5-12(6-8-14)9-13-10-16(20-3)17(21-4)11-15(13)19-2/h5-8,10-11H,9H2,1-4H3. The Morgan fingerprint density at radius 3 is 1.76 bits per heavy atom. The number of hydrogen-bond donors (Lipinski definition) is 0. The highest BCUT2D eigenvalue weighted by Crippen LogP contribution is 2.35. The van der Waals surface area contributed by atoms with E-state index in [9.17, 15) is 0 Å². The van der Waals surface area contributed by atoms with Crippen molar-refractivity contribution in [3.05, 3.63) is 47.5 Å². The summed E-state index contributed by atoms with van der Waals surface area (Å²) in [7, 11) is 6.55. The minimum Gasteiger partial charge on any atom is -0.497 e. The zero-order valence-electron chi connectivity index (χ0n) is 12.8. The second kappa shape index (κ2) is 6.88. The third kappa shape index (κ3) is 3.40. The summed E-state index contributed by atoms with van der Waals surface area (Å²) in [6.07, 6.45) is 0.744. The molecule has 0 saturated heterocycles. The Balaban J connectivity index is 2.32. The van der Waals surface area contributed by atoms with E-state index in [1.807, 2.05) is 36.4 Å². The molecule has 112 valence electrons. The predicted octanol–water partition coefficient (Wildman–Crippen LogP) is 3.31. The lowest BCUT2D eigenvalue weighted by Gasteiger charge is -2.14. The molecule has 2 aromatic rings. The highest BCUT2D eigenvalue weighted by Gasteiger charge is 2.12. The van der Waals surface area contributed by atoms with Gasteiger partial charge in [0.15, 0.2) is 11.5 Å². The molecule has 4 heteroatoms. The number of benzene rings is 2. The van der Waals surface area contributed by atoms with Crippen molar-refractivity contribution in [3.8, 4) is 23.0 Å². The lowest BCUT2D eigenvalue weighted by Crippen LogP contribution is -1.98. The van der Waals surface area contributed by atoms with E-state index in [1.165, 1.54) is 5.56 Å². The maximum atomic E-state index is 5.44. The first kappa shape index (κ1) is 15.0. The minimum atomic E-state index is 0.660. The molecule has 2 aromatic carbocycles. The number of rotatable bonds is 6. The van der Waals surface area contributed by atoms with Crippen molar-refractivity contribution in [1.82, 2.24) is 0 Å². The molecule has 0 unspecified atom stereocenters. The molecule has 0 atom stereocenters. The molecule has 0 saturated carbocycles. The maximum Gasteiger partial charge on any atom is 0.164 e. The second-order valence-corrected chi connectivity index (χ2v) is 4.54. The number of hydrogen-bond acceptors (Lipinski definition) is 4. The Hall–Kier alpha value is -2.36. The van der Waals surface area contributed by atoms with Gasteiger partial charge in [0.05, 0.1) is 28.4 Å². The van der Waals surface area contributed by atoms with Gasteiger partial charge >= 0.3 is 0 Å². The zero-order chi connectivity index (χ0) is 15.2. The molecular weight excluding hydrogens is 268 g/mol. The van der Waals surface area contributed by atoms with E-state index >= 15 is 0 Å². The van der Waals surface area contributed by atoms with Gasteiger partial charge in [0.1, 0.15) is 11.5 Å². The molecule has 2 rings (SSSR count). The molecule has 0 radical (unpaired) electrons. The van der Waals surface area contributed by atoms with Gasteiger partial charge in [-0.05, 0) is 23.8 Å². The Labute approximate surface area is 125 Å². The van der Waals surface area contributed by atoms with E-state index in [2.05, 4.69) is 0 Å². The van der Waals surface area contributed by atoms with Crippen LogP contribution in [0.2, 0.25) is 0 Å². The van der Waals surface area contributed by atoms with Crippen LogP contribution in [0.1, 0.15) is 11.1 Å². The summed E-state index contributed by atoms with van der Waals surface area (Å²) in [4.78, 5) is 0. The molecule has 0 aliphatic rings. The van der Waals surface area contributed by atoms with E-state index < -0.39 is 0 Å². The van der Waals surface area contributed by atoms with Crippen LogP contribution in [0, 0.1) is 0 Å². The number of methoxy groups -OCH3 is 4. The van der Waals surface area contributed by atoms with E-state index in [-0.39, 0.29) is 0 Å².